The second-order valence-electron chi connectivity index (χ2n) is 4.60. The molecule has 1 aromatic heterocycles. The van der Waals surface area contributed by atoms with Gasteiger partial charge in [-0.05, 0) is 25.7 Å². The lowest BCUT2D eigenvalue weighted by Crippen LogP contribution is -1.95. The van der Waals surface area contributed by atoms with Gasteiger partial charge in [0.2, 0.25) is 0 Å². The molecule has 3 rings (SSSR count). The first kappa shape index (κ1) is 10.4. The van der Waals surface area contributed by atoms with Crippen molar-refractivity contribution in [2.24, 2.45) is 0 Å². The quantitative estimate of drug-likeness (QED) is 0.758. The van der Waals surface area contributed by atoms with Crippen LogP contribution in [0.25, 0.3) is 0 Å². The number of aromatic nitrogens is 1. The van der Waals surface area contributed by atoms with Crippen LogP contribution in [0.15, 0.2) is 0 Å². The van der Waals surface area contributed by atoms with E-state index in [0.717, 1.165) is 35.0 Å². The number of ether oxygens (including phenoxy) is 1. The molecule has 0 amide bonds. The van der Waals surface area contributed by atoms with Gasteiger partial charge >= 0.3 is 0 Å². The first-order valence-electron chi connectivity index (χ1n) is 5.89. The number of ketones is 1. The molecule has 1 aliphatic carbocycles. The fourth-order valence-electron chi connectivity index (χ4n) is 2.14. The minimum absolute atomic E-state index is 0.149. The molecule has 1 atom stereocenters. The van der Waals surface area contributed by atoms with E-state index in [0.29, 0.717) is 5.92 Å². The van der Waals surface area contributed by atoms with Crippen LogP contribution in [-0.4, -0.2) is 17.4 Å². The lowest BCUT2D eigenvalue weighted by molar-refractivity contribution is 0.102. The first-order chi connectivity index (χ1) is 7.75. The fourth-order valence-corrected chi connectivity index (χ4v) is 3.28. The minimum atomic E-state index is 0.149. The molecule has 2 fully saturated rings. The van der Waals surface area contributed by atoms with Gasteiger partial charge < -0.3 is 4.74 Å². The van der Waals surface area contributed by atoms with Crippen LogP contribution in [0.3, 0.4) is 0 Å². The van der Waals surface area contributed by atoms with E-state index in [1.54, 1.807) is 18.3 Å². The number of carbonyl (C=O) groups excluding carboxylic acids is 1. The van der Waals surface area contributed by atoms with Gasteiger partial charge in [-0.1, -0.05) is 0 Å². The zero-order chi connectivity index (χ0) is 11.1. The van der Waals surface area contributed by atoms with Crippen molar-refractivity contribution in [3.63, 3.8) is 0 Å². The highest BCUT2D eigenvalue weighted by Gasteiger charge is 2.33. The normalized spacial score (nSPS) is 24.9. The Bertz CT molecular complexity index is 417. The molecule has 0 spiro atoms. The highest BCUT2D eigenvalue weighted by molar-refractivity contribution is 7.13. The summed E-state index contributed by atoms with van der Waals surface area (Å²) in [6, 6.07) is 0. The van der Waals surface area contributed by atoms with Crippen LogP contribution in [0.2, 0.25) is 0 Å². The van der Waals surface area contributed by atoms with Gasteiger partial charge in [-0.3, -0.25) is 4.79 Å². The second kappa shape index (κ2) is 3.93. The highest BCUT2D eigenvalue weighted by atomic mass is 32.1. The predicted octanol–water partition coefficient (Wildman–Crippen LogP) is 3.07. The van der Waals surface area contributed by atoms with E-state index in [4.69, 9.17) is 4.74 Å². The van der Waals surface area contributed by atoms with Crippen molar-refractivity contribution in [3.05, 3.63) is 15.6 Å². The zero-order valence-corrected chi connectivity index (χ0v) is 10.2. The topological polar surface area (TPSA) is 39.2 Å². The molecule has 1 saturated carbocycles. The molecule has 1 saturated heterocycles. The Morgan fingerprint density at radius 1 is 1.44 bits per heavy atom. The van der Waals surface area contributed by atoms with E-state index < -0.39 is 0 Å². The van der Waals surface area contributed by atoms with E-state index in [2.05, 4.69) is 4.98 Å². The largest absolute Gasteiger partial charge is 0.371 e. The molecule has 16 heavy (non-hydrogen) atoms. The van der Waals surface area contributed by atoms with Crippen LogP contribution in [0.4, 0.5) is 0 Å². The van der Waals surface area contributed by atoms with E-state index in [1.807, 2.05) is 0 Å². The Hall–Kier alpha value is -0.740. The molecule has 1 aromatic rings. The highest BCUT2D eigenvalue weighted by Crippen LogP contribution is 2.44. The molecule has 4 heteroatoms. The number of thiazole rings is 1. The molecule has 2 aliphatic rings. The third-order valence-electron chi connectivity index (χ3n) is 3.16. The van der Waals surface area contributed by atoms with E-state index >= 15 is 0 Å². The molecule has 2 heterocycles. The molecule has 1 unspecified atom stereocenters. The van der Waals surface area contributed by atoms with Crippen molar-refractivity contribution >= 4 is 17.1 Å². The second-order valence-corrected chi connectivity index (χ2v) is 5.63. The number of rotatable bonds is 3. The lowest BCUT2D eigenvalue weighted by atomic mass is 10.2. The lowest BCUT2D eigenvalue weighted by Gasteiger charge is -2.03. The average Bonchev–Trinajstić information content (AvgIpc) is 2.83. The number of hydrogen-bond donors (Lipinski definition) is 0. The Morgan fingerprint density at radius 3 is 2.81 bits per heavy atom. The Balaban J connectivity index is 1.94. The van der Waals surface area contributed by atoms with Gasteiger partial charge in [0.15, 0.2) is 5.78 Å². The standard InChI is InChI=1S/C12H15NO2S/c1-7(14)11-10(8-4-5-8)13-12(16-11)9-3-2-6-15-9/h8-9H,2-6H2,1H3. The molecule has 1 aliphatic heterocycles. The maximum atomic E-state index is 11.6. The van der Waals surface area contributed by atoms with Crippen LogP contribution >= 0.6 is 11.3 Å². The number of nitrogens with zero attached hydrogens (tertiary/aromatic N) is 1. The van der Waals surface area contributed by atoms with Gasteiger partial charge in [-0.15, -0.1) is 11.3 Å². The van der Waals surface area contributed by atoms with Gasteiger partial charge in [0.1, 0.15) is 11.1 Å². The van der Waals surface area contributed by atoms with Gasteiger partial charge in [0.25, 0.3) is 0 Å². The van der Waals surface area contributed by atoms with Crippen molar-refractivity contribution in [3.8, 4) is 0 Å². The Morgan fingerprint density at radius 2 is 2.25 bits per heavy atom. The molecule has 0 radical (unpaired) electrons. The smallest absolute Gasteiger partial charge is 0.171 e. The summed E-state index contributed by atoms with van der Waals surface area (Å²) in [7, 11) is 0. The fraction of sp³-hybridized carbons (Fsp3) is 0.667. The first-order valence-corrected chi connectivity index (χ1v) is 6.70. The molecular formula is C12H15NO2S. The van der Waals surface area contributed by atoms with Gasteiger partial charge in [0.05, 0.1) is 10.6 Å². The van der Waals surface area contributed by atoms with Crippen LogP contribution in [0.1, 0.15) is 65.0 Å². The van der Waals surface area contributed by atoms with Crippen LogP contribution in [0.5, 0.6) is 0 Å². The van der Waals surface area contributed by atoms with Crippen molar-refractivity contribution in [2.75, 3.05) is 6.61 Å². The molecule has 0 aromatic carbocycles. The SMILES string of the molecule is CC(=O)c1sc(C2CCCO2)nc1C1CC1. The summed E-state index contributed by atoms with van der Waals surface area (Å²) in [6.45, 7) is 2.47. The third-order valence-corrected chi connectivity index (χ3v) is 4.42. The van der Waals surface area contributed by atoms with E-state index in [9.17, 15) is 4.79 Å². The van der Waals surface area contributed by atoms with Crippen molar-refractivity contribution in [1.82, 2.24) is 4.98 Å². The summed E-state index contributed by atoms with van der Waals surface area (Å²) in [4.78, 5) is 17.1. The molecule has 0 bridgehead atoms. The third kappa shape index (κ3) is 1.80. The summed E-state index contributed by atoms with van der Waals surface area (Å²) in [5, 5.41) is 1.02. The predicted molar refractivity (Wildman–Crippen MR) is 62.0 cm³/mol. The number of carbonyl (C=O) groups is 1. The zero-order valence-electron chi connectivity index (χ0n) is 9.36. The molecule has 86 valence electrons. The van der Waals surface area contributed by atoms with Gasteiger partial charge in [-0.25, -0.2) is 4.98 Å². The summed E-state index contributed by atoms with van der Waals surface area (Å²) >= 11 is 1.55. The number of hydrogen-bond acceptors (Lipinski definition) is 4. The summed E-state index contributed by atoms with van der Waals surface area (Å²) in [5.41, 5.74) is 1.04. The molecule has 0 N–H and O–H groups in total. The summed E-state index contributed by atoms with van der Waals surface area (Å²) < 4.78 is 5.62. The Kier molecular flexibility index (Phi) is 2.56. The summed E-state index contributed by atoms with van der Waals surface area (Å²) in [5.74, 6) is 0.703. The maximum Gasteiger partial charge on any atom is 0.171 e. The van der Waals surface area contributed by atoms with Crippen LogP contribution in [-0.2, 0) is 4.74 Å². The van der Waals surface area contributed by atoms with E-state index in [-0.39, 0.29) is 11.9 Å². The van der Waals surface area contributed by atoms with Gasteiger partial charge in [0, 0.05) is 19.4 Å². The van der Waals surface area contributed by atoms with Crippen molar-refractivity contribution < 1.29 is 9.53 Å². The molecular weight excluding hydrogens is 222 g/mol. The monoisotopic (exact) mass is 237 g/mol. The van der Waals surface area contributed by atoms with Crippen molar-refractivity contribution in [2.45, 2.75) is 44.6 Å². The summed E-state index contributed by atoms with van der Waals surface area (Å²) in [6.07, 6.45) is 4.69. The van der Waals surface area contributed by atoms with Crippen LogP contribution in [0, 0.1) is 0 Å². The molecule has 3 nitrogen and oxygen atoms in total. The van der Waals surface area contributed by atoms with Crippen molar-refractivity contribution in [1.29, 1.82) is 0 Å². The number of Topliss-reactive ketones (excluding diaryl/α,β-unsaturated/α-hetero) is 1. The van der Waals surface area contributed by atoms with Crippen LogP contribution < -0.4 is 0 Å². The van der Waals surface area contributed by atoms with E-state index in [1.165, 1.54) is 12.8 Å². The minimum Gasteiger partial charge on any atom is -0.371 e. The maximum absolute atomic E-state index is 11.6. The Labute approximate surface area is 98.8 Å². The average molecular weight is 237 g/mol. The van der Waals surface area contributed by atoms with Gasteiger partial charge in [-0.2, -0.15) is 0 Å².